The van der Waals surface area contributed by atoms with Crippen molar-refractivity contribution in [2.45, 2.75) is 59.0 Å². The summed E-state index contributed by atoms with van der Waals surface area (Å²) < 4.78 is 5.37. The fourth-order valence-corrected chi connectivity index (χ4v) is 3.41. The first-order valence-electron chi connectivity index (χ1n) is 7.87. The fourth-order valence-electron chi connectivity index (χ4n) is 3.41. The molecule has 0 amide bonds. The van der Waals surface area contributed by atoms with Crippen LogP contribution in [0, 0.1) is 11.3 Å². The van der Waals surface area contributed by atoms with Crippen LogP contribution in [0.5, 0.6) is 0 Å². The Morgan fingerprint density at radius 3 is 2.55 bits per heavy atom. The van der Waals surface area contributed by atoms with E-state index in [4.69, 9.17) is 4.74 Å². The molecular formula is C17H22O5. The zero-order valence-corrected chi connectivity index (χ0v) is 13.3. The van der Waals surface area contributed by atoms with Gasteiger partial charge in [0.1, 0.15) is 11.9 Å². The van der Waals surface area contributed by atoms with Crippen molar-refractivity contribution in [3.8, 4) is 0 Å². The number of hydrogen-bond acceptors (Lipinski definition) is 5. The van der Waals surface area contributed by atoms with Gasteiger partial charge in [-0.1, -0.05) is 26.3 Å². The molecule has 0 unspecified atom stereocenters. The number of ether oxygens (including phenoxy) is 1. The highest BCUT2D eigenvalue weighted by Crippen LogP contribution is 2.47. The molecule has 1 aliphatic heterocycles. The van der Waals surface area contributed by atoms with E-state index in [1.165, 1.54) is 0 Å². The van der Waals surface area contributed by atoms with Crippen LogP contribution in [0.1, 0.15) is 52.9 Å². The number of esters is 1. The van der Waals surface area contributed by atoms with Gasteiger partial charge in [0.15, 0.2) is 17.0 Å². The summed E-state index contributed by atoms with van der Waals surface area (Å²) in [6.07, 6.45) is 2.94. The minimum Gasteiger partial charge on any atom is -0.461 e. The maximum Gasteiger partial charge on any atom is 0.328 e. The quantitative estimate of drug-likeness (QED) is 0.574. The molecule has 5 heteroatoms. The molecule has 1 fully saturated rings. The first-order chi connectivity index (χ1) is 10.4. The Labute approximate surface area is 130 Å². The molecule has 1 saturated heterocycles. The van der Waals surface area contributed by atoms with Crippen LogP contribution >= 0.6 is 0 Å². The molecule has 0 aromatic rings. The monoisotopic (exact) mass is 306 g/mol. The summed E-state index contributed by atoms with van der Waals surface area (Å²) in [4.78, 5) is 49.6. The van der Waals surface area contributed by atoms with Crippen LogP contribution in [0.4, 0.5) is 0 Å². The second-order valence-corrected chi connectivity index (χ2v) is 6.13. The van der Waals surface area contributed by atoms with E-state index in [0.717, 1.165) is 6.42 Å². The van der Waals surface area contributed by atoms with Gasteiger partial charge in [0.2, 0.25) is 0 Å². The van der Waals surface area contributed by atoms with Gasteiger partial charge in [-0.2, -0.15) is 0 Å². The van der Waals surface area contributed by atoms with Crippen molar-refractivity contribution >= 4 is 23.3 Å². The van der Waals surface area contributed by atoms with Crippen LogP contribution in [0.15, 0.2) is 11.6 Å². The lowest BCUT2D eigenvalue weighted by molar-refractivity contribution is -0.178. The molecule has 2 aliphatic rings. The lowest BCUT2D eigenvalue weighted by atomic mass is 9.67. The molecule has 0 bridgehead atoms. The minimum atomic E-state index is -1.81. The molecule has 5 nitrogen and oxygen atoms in total. The van der Waals surface area contributed by atoms with E-state index in [1.807, 2.05) is 6.92 Å². The standard InChI is InChI=1S/C17H22O5/c1-4-6-13-9-14(19)17(16(21)22-13)11(8-12(18)5-2)7-10(3)15(17)20/h7,11,13H,4-6,8-9H2,1-3H3/t11-,13-,17-/m0/s1. The van der Waals surface area contributed by atoms with Gasteiger partial charge < -0.3 is 4.74 Å². The zero-order chi connectivity index (χ0) is 16.5. The van der Waals surface area contributed by atoms with Crippen LogP contribution in [0.25, 0.3) is 0 Å². The van der Waals surface area contributed by atoms with Crippen molar-refractivity contribution in [1.29, 1.82) is 0 Å². The van der Waals surface area contributed by atoms with Crippen molar-refractivity contribution in [1.82, 2.24) is 0 Å². The Kier molecular flexibility index (Phi) is 4.63. The molecule has 1 aliphatic carbocycles. The number of carbonyl (C=O) groups is 4. The van der Waals surface area contributed by atoms with E-state index in [9.17, 15) is 19.2 Å². The van der Waals surface area contributed by atoms with Gasteiger partial charge in [0.05, 0.1) is 0 Å². The zero-order valence-electron chi connectivity index (χ0n) is 13.3. The number of hydrogen-bond donors (Lipinski definition) is 0. The van der Waals surface area contributed by atoms with Crippen molar-refractivity contribution in [3.05, 3.63) is 11.6 Å². The predicted molar refractivity (Wildman–Crippen MR) is 79.0 cm³/mol. The summed E-state index contributed by atoms with van der Waals surface area (Å²) in [6.45, 7) is 5.25. The van der Waals surface area contributed by atoms with E-state index >= 15 is 0 Å². The number of cyclic esters (lactones) is 1. The third-order valence-electron chi connectivity index (χ3n) is 4.62. The summed E-state index contributed by atoms with van der Waals surface area (Å²) >= 11 is 0. The summed E-state index contributed by atoms with van der Waals surface area (Å²) in [5, 5.41) is 0. The van der Waals surface area contributed by atoms with Crippen LogP contribution < -0.4 is 0 Å². The second kappa shape index (κ2) is 6.15. The second-order valence-electron chi connectivity index (χ2n) is 6.13. The SMILES string of the molecule is CCC[C@H]1CC(=O)[C@]2(C(=O)O1)C(=O)C(C)=C[C@H]2CC(=O)CC. The summed E-state index contributed by atoms with van der Waals surface area (Å²) in [5.74, 6) is -2.43. The highest BCUT2D eigenvalue weighted by Gasteiger charge is 2.63. The normalized spacial score (nSPS) is 31.4. The highest BCUT2D eigenvalue weighted by atomic mass is 16.5. The van der Waals surface area contributed by atoms with Crippen LogP contribution in [-0.4, -0.2) is 29.4 Å². The van der Waals surface area contributed by atoms with Crippen molar-refractivity contribution in [3.63, 3.8) is 0 Å². The molecular weight excluding hydrogens is 284 g/mol. The summed E-state index contributed by atoms with van der Waals surface area (Å²) in [5.41, 5.74) is -1.44. The average Bonchev–Trinajstić information content (AvgIpc) is 2.70. The van der Waals surface area contributed by atoms with Crippen LogP contribution in [0.2, 0.25) is 0 Å². The number of rotatable bonds is 5. The number of ketones is 3. The number of allylic oxidation sites excluding steroid dienone is 2. The third kappa shape index (κ3) is 2.42. The van der Waals surface area contributed by atoms with E-state index in [0.29, 0.717) is 18.4 Å². The maximum atomic E-state index is 12.7. The Morgan fingerprint density at radius 1 is 1.32 bits per heavy atom. The first-order valence-corrected chi connectivity index (χ1v) is 7.87. The highest BCUT2D eigenvalue weighted by molar-refractivity contribution is 6.29. The Morgan fingerprint density at radius 2 is 2.00 bits per heavy atom. The van der Waals surface area contributed by atoms with Gasteiger partial charge in [0, 0.05) is 25.2 Å². The van der Waals surface area contributed by atoms with Crippen molar-refractivity contribution < 1.29 is 23.9 Å². The smallest absolute Gasteiger partial charge is 0.328 e. The molecule has 1 spiro atoms. The molecule has 2 rings (SSSR count). The fraction of sp³-hybridized carbons (Fsp3) is 0.647. The van der Waals surface area contributed by atoms with E-state index in [2.05, 4.69) is 0 Å². The number of Topliss-reactive ketones (excluding diaryl/α,β-unsaturated/α-hetero) is 3. The first kappa shape index (κ1) is 16.6. The molecule has 0 saturated carbocycles. The van der Waals surface area contributed by atoms with E-state index in [-0.39, 0.29) is 18.6 Å². The third-order valence-corrected chi connectivity index (χ3v) is 4.62. The summed E-state index contributed by atoms with van der Waals surface area (Å²) in [6, 6.07) is 0. The van der Waals surface area contributed by atoms with Crippen molar-refractivity contribution in [2.24, 2.45) is 11.3 Å². The summed E-state index contributed by atoms with van der Waals surface area (Å²) in [7, 11) is 0. The Balaban J connectivity index is 2.36. The minimum absolute atomic E-state index is 0.0267. The topological polar surface area (TPSA) is 77.5 Å². The molecule has 3 atom stereocenters. The molecule has 1 heterocycles. The molecule has 22 heavy (non-hydrogen) atoms. The van der Waals surface area contributed by atoms with Gasteiger partial charge in [-0.15, -0.1) is 0 Å². The molecule has 0 aromatic heterocycles. The number of carbonyl (C=O) groups excluding carboxylic acids is 4. The lowest BCUT2D eigenvalue weighted by Gasteiger charge is -2.37. The van der Waals surface area contributed by atoms with Crippen LogP contribution in [-0.2, 0) is 23.9 Å². The predicted octanol–water partition coefficient (Wildman–Crippen LogP) is 2.17. The Bertz CT molecular complexity index is 539. The Hall–Kier alpha value is -1.78. The van der Waals surface area contributed by atoms with Gasteiger partial charge in [-0.3, -0.25) is 19.2 Å². The van der Waals surface area contributed by atoms with Gasteiger partial charge >= 0.3 is 5.97 Å². The van der Waals surface area contributed by atoms with Gasteiger partial charge in [-0.05, 0) is 18.9 Å². The van der Waals surface area contributed by atoms with Gasteiger partial charge in [-0.25, -0.2) is 0 Å². The molecule has 0 radical (unpaired) electrons. The van der Waals surface area contributed by atoms with Gasteiger partial charge in [0.25, 0.3) is 0 Å². The van der Waals surface area contributed by atoms with Crippen molar-refractivity contribution in [2.75, 3.05) is 0 Å². The largest absolute Gasteiger partial charge is 0.461 e. The lowest BCUT2D eigenvalue weighted by Crippen LogP contribution is -2.55. The molecule has 0 N–H and O–H groups in total. The average molecular weight is 306 g/mol. The maximum absolute atomic E-state index is 12.7. The van der Waals surface area contributed by atoms with E-state index < -0.39 is 35.0 Å². The van der Waals surface area contributed by atoms with E-state index in [1.54, 1.807) is 19.9 Å². The molecule has 120 valence electrons. The molecule has 0 aromatic carbocycles. The van der Waals surface area contributed by atoms with Crippen LogP contribution in [0.3, 0.4) is 0 Å².